The molecule has 0 saturated heterocycles. The molecule has 4 N–H and O–H groups in total. The van der Waals surface area contributed by atoms with Crippen molar-refractivity contribution in [1.82, 2.24) is 19.5 Å². The van der Waals surface area contributed by atoms with Gasteiger partial charge in [-0.05, 0) is 19.3 Å². The van der Waals surface area contributed by atoms with Crippen LogP contribution in [0.1, 0.15) is 25.3 Å². The number of aromatic nitrogens is 4. The summed E-state index contributed by atoms with van der Waals surface area (Å²) in [5.41, 5.74) is 12.4. The molecule has 94 valence electrons. The fourth-order valence-corrected chi connectivity index (χ4v) is 2.61. The lowest BCUT2D eigenvalue weighted by molar-refractivity contribution is -0.121. The van der Waals surface area contributed by atoms with Crippen molar-refractivity contribution >= 4 is 22.9 Å². The van der Waals surface area contributed by atoms with Crippen molar-refractivity contribution in [2.75, 3.05) is 5.73 Å². The van der Waals surface area contributed by atoms with Crippen LogP contribution in [0.3, 0.4) is 0 Å². The average molecular weight is 246 g/mol. The van der Waals surface area contributed by atoms with E-state index in [1.807, 2.05) is 4.57 Å². The highest BCUT2D eigenvalue weighted by Crippen LogP contribution is 2.35. The molecule has 0 aromatic carbocycles. The zero-order valence-corrected chi connectivity index (χ0v) is 9.78. The van der Waals surface area contributed by atoms with E-state index in [2.05, 4.69) is 15.0 Å². The first-order chi connectivity index (χ1) is 8.66. The summed E-state index contributed by atoms with van der Waals surface area (Å²) < 4.78 is 1.97. The molecule has 0 bridgehead atoms. The first kappa shape index (κ1) is 10.9. The number of imidazole rings is 1. The zero-order chi connectivity index (χ0) is 12.7. The van der Waals surface area contributed by atoms with Crippen molar-refractivity contribution in [3.05, 3.63) is 12.7 Å². The number of rotatable bonds is 2. The van der Waals surface area contributed by atoms with Crippen LogP contribution in [0.4, 0.5) is 5.82 Å². The molecule has 1 amide bonds. The topological polar surface area (TPSA) is 113 Å². The third kappa shape index (κ3) is 1.59. The number of anilines is 1. The molecule has 7 heteroatoms. The number of amides is 1. The van der Waals surface area contributed by atoms with Crippen molar-refractivity contribution in [3.8, 4) is 0 Å². The van der Waals surface area contributed by atoms with Crippen LogP contribution in [0, 0.1) is 5.92 Å². The normalized spacial score (nSPS) is 23.6. The second-order valence-corrected chi connectivity index (χ2v) is 4.65. The minimum atomic E-state index is -0.226. The summed E-state index contributed by atoms with van der Waals surface area (Å²) in [5, 5.41) is 0. The van der Waals surface area contributed by atoms with Gasteiger partial charge >= 0.3 is 0 Å². The van der Waals surface area contributed by atoms with Crippen LogP contribution in [-0.4, -0.2) is 25.4 Å². The Balaban J connectivity index is 1.96. The molecule has 3 rings (SSSR count). The van der Waals surface area contributed by atoms with Crippen molar-refractivity contribution < 1.29 is 4.79 Å². The molecule has 0 radical (unpaired) electrons. The SMILES string of the molecule is NC(=O)[C@H]1CC[C@H](n2cnc3c(N)ncnc32)C1. The lowest BCUT2D eigenvalue weighted by atomic mass is 10.1. The summed E-state index contributed by atoms with van der Waals surface area (Å²) in [6, 6.07) is 0.210. The Morgan fingerprint density at radius 3 is 2.89 bits per heavy atom. The molecule has 0 unspecified atom stereocenters. The Bertz CT molecular complexity index is 607. The Hall–Kier alpha value is -2.18. The van der Waals surface area contributed by atoms with Crippen molar-refractivity contribution in [2.24, 2.45) is 11.7 Å². The minimum absolute atomic E-state index is 0.0494. The third-order valence-corrected chi connectivity index (χ3v) is 3.59. The molecule has 1 aliphatic rings. The van der Waals surface area contributed by atoms with E-state index < -0.39 is 0 Å². The Morgan fingerprint density at radius 1 is 1.33 bits per heavy atom. The predicted molar refractivity (Wildman–Crippen MR) is 65.3 cm³/mol. The zero-order valence-electron chi connectivity index (χ0n) is 9.78. The largest absolute Gasteiger partial charge is 0.382 e. The average Bonchev–Trinajstić information content (AvgIpc) is 2.94. The number of hydrogen-bond acceptors (Lipinski definition) is 5. The highest BCUT2D eigenvalue weighted by molar-refractivity contribution is 5.81. The number of nitrogens with zero attached hydrogens (tertiary/aromatic N) is 4. The second-order valence-electron chi connectivity index (χ2n) is 4.65. The van der Waals surface area contributed by atoms with Gasteiger partial charge in [-0.15, -0.1) is 0 Å². The summed E-state index contributed by atoms with van der Waals surface area (Å²) in [4.78, 5) is 23.5. The van der Waals surface area contributed by atoms with Gasteiger partial charge in [-0.1, -0.05) is 0 Å². The number of nitrogen functional groups attached to an aromatic ring is 1. The lowest BCUT2D eigenvalue weighted by Gasteiger charge is -2.12. The van der Waals surface area contributed by atoms with Crippen LogP contribution in [0.15, 0.2) is 12.7 Å². The van der Waals surface area contributed by atoms with Gasteiger partial charge in [-0.2, -0.15) is 0 Å². The van der Waals surface area contributed by atoms with Crippen LogP contribution in [-0.2, 0) is 4.79 Å². The molecule has 2 aromatic rings. The molecule has 2 atom stereocenters. The lowest BCUT2D eigenvalue weighted by Crippen LogP contribution is -2.21. The monoisotopic (exact) mass is 246 g/mol. The van der Waals surface area contributed by atoms with Gasteiger partial charge in [0.05, 0.1) is 6.33 Å². The van der Waals surface area contributed by atoms with Crippen molar-refractivity contribution in [2.45, 2.75) is 25.3 Å². The fourth-order valence-electron chi connectivity index (χ4n) is 2.61. The minimum Gasteiger partial charge on any atom is -0.382 e. The standard InChI is InChI=1S/C11H14N6O/c12-9-8-11(15-4-14-9)17(5-16-8)7-2-1-6(3-7)10(13)18/h4-7H,1-3H2,(H2,13,18)(H2,12,14,15)/t6-,7-/m0/s1. The number of carbonyl (C=O) groups excluding carboxylic acids is 1. The summed E-state index contributed by atoms with van der Waals surface area (Å²) in [7, 11) is 0. The van der Waals surface area contributed by atoms with Crippen LogP contribution in [0.5, 0.6) is 0 Å². The van der Waals surface area contributed by atoms with Gasteiger partial charge in [0.25, 0.3) is 0 Å². The smallest absolute Gasteiger partial charge is 0.220 e. The number of nitrogens with two attached hydrogens (primary N) is 2. The first-order valence-corrected chi connectivity index (χ1v) is 5.89. The molecular weight excluding hydrogens is 232 g/mol. The second kappa shape index (κ2) is 3.94. The molecule has 7 nitrogen and oxygen atoms in total. The van der Waals surface area contributed by atoms with Gasteiger partial charge in [-0.25, -0.2) is 15.0 Å². The number of hydrogen-bond donors (Lipinski definition) is 2. The molecule has 2 heterocycles. The molecule has 1 fully saturated rings. The summed E-state index contributed by atoms with van der Waals surface area (Å²) in [6.07, 6.45) is 5.61. The Kier molecular flexibility index (Phi) is 2.39. The number of fused-ring (bicyclic) bond motifs is 1. The molecule has 18 heavy (non-hydrogen) atoms. The van der Waals surface area contributed by atoms with E-state index in [4.69, 9.17) is 11.5 Å². The van der Waals surface area contributed by atoms with Gasteiger partial charge in [0.15, 0.2) is 11.5 Å². The molecular formula is C11H14N6O. The summed E-state index contributed by atoms with van der Waals surface area (Å²) in [6.45, 7) is 0. The van der Waals surface area contributed by atoms with Crippen LogP contribution in [0.2, 0.25) is 0 Å². The highest BCUT2D eigenvalue weighted by Gasteiger charge is 2.30. The molecule has 1 saturated carbocycles. The maximum absolute atomic E-state index is 11.2. The van der Waals surface area contributed by atoms with Crippen molar-refractivity contribution in [3.63, 3.8) is 0 Å². The number of carbonyl (C=O) groups is 1. The van der Waals surface area contributed by atoms with Crippen LogP contribution < -0.4 is 11.5 Å². The quantitative estimate of drug-likeness (QED) is 0.787. The Morgan fingerprint density at radius 2 is 2.17 bits per heavy atom. The molecule has 0 spiro atoms. The van der Waals surface area contributed by atoms with Gasteiger partial charge in [0, 0.05) is 12.0 Å². The van der Waals surface area contributed by atoms with Crippen LogP contribution in [0.25, 0.3) is 11.2 Å². The van der Waals surface area contributed by atoms with E-state index in [0.717, 1.165) is 24.9 Å². The highest BCUT2D eigenvalue weighted by atomic mass is 16.1. The maximum Gasteiger partial charge on any atom is 0.220 e. The van der Waals surface area contributed by atoms with Gasteiger partial charge in [-0.3, -0.25) is 4.79 Å². The van der Waals surface area contributed by atoms with E-state index in [1.54, 1.807) is 6.33 Å². The molecule has 0 aliphatic heterocycles. The third-order valence-electron chi connectivity index (χ3n) is 3.59. The molecule has 2 aromatic heterocycles. The van der Waals surface area contributed by atoms with Gasteiger partial charge < -0.3 is 16.0 Å². The molecule has 1 aliphatic carbocycles. The van der Waals surface area contributed by atoms with E-state index in [1.165, 1.54) is 6.33 Å². The predicted octanol–water partition coefficient (Wildman–Crippen LogP) is 0.235. The van der Waals surface area contributed by atoms with Gasteiger partial charge in [0.1, 0.15) is 11.8 Å². The van der Waals surface area contributed by atoms with Gasteiger partial charge in [0.2, 0.25) is 5.91 Å². The summed E-state index contributed by atoms with van der Waals surface area (Å²) in [5.74, 6) is 0.103. The number of primary amides is 1. The summed E-state index contributed by atoms with van der Waals surface area (Å²) >= 11 is 0. The van der Waals surface area contributed by atoms with E-state index in [9.17, 15) is 4.79 Å². The van der Waals surface area contributed by atoms with E-state index >= 15 is 0 Å². The first-order valence-electron chi connectivity index (χ1n) is 5.89. The fraction of sp³-hybridized carbons (Fsp3) is 0.455. The van der Waals surface area contributed by atoms with Crippen molar-refractivity contribution in [1.29, 1.82) is 0 Å². The van der Waals surface area contributed by atoms with E-state index in [0.29, 0.717) is 11.3 Å². The van der Waals surface area contributed by atoms with E-state index in [-0.39, 0.29) is 17.9 Å². The Labute approximate surface area is 103 Å². The maximum atomic E-state index is 11.2. The van der Waals surface area contributed by atoms with Crippen LogP contribution >= 0.6 is 0 Å².